The molecule has 2 aromatic heterocycles. The molecule has 32 heavy (non-hydrogen) atoms. The van der Waals surface area contributed by atoms with Gasteiger partial charge < -0.3 is 15.0 Å². The van der Waals surface area contributed by atoms with Crippen LogP contribution >= 0.6 is 24.0 Å². The number of benzene rings is 1. The van der Waals surface area contributed by atoms with Crippen LogP contribution in [0.2, 0.25) is 0 Å². The minimum atomic E-state index is -0.246. The highest BCUT2D eigenvalue weighted by Gasteiger charge is 2.28. The standard InChI is InChI=1S/C23H27FN6O.HI/c1-16-14-29(15-21(31-16)19-5-7-20(24)8-6-19)23(25-3)28-13-18-4-9-22(27-12-18)30-11-10-26-17(30)2;/h4-12,16,21H,13-15H2,1-3H3,(H,25,28);1H. The number of hydrogen-bond donors (Lipinski definition) is 1. The number of pyridine rings is 1. The van der Waals surface area contributed by atoms with Crippen LogP contribution in [0.1, 0.15) is 30.0 Å². The van der Waals surface area contributed by atoms with Crippen molar-refractivity contribution in [3.63, 3.8) is 0 Å². The Morgan fingerprint density at radius 2 is 1.97 bits per heavy atom. The molecule has 4 rings (SSSR count). The Balaban J connectivity index is 0.00000289. The topological polar surface area (TPSA) is 67.6 Å². The second kappa shape index (κ2) is 10.9. The van der Waals surface area contributed by atoms with Gasteiger partial charge in [-0.2, -0.15) is 0 Å². The van der Waals surface area contributed by atoms with Gasteiger partial charge in [0.15, 0.2) is 5.96 Å². The predicted molar refractivity (Wildman–Crippen MR) is 133 cm³/mol. The molecule has 0 amide bonds. The van der Waals surface area contributed by atoms with Crippen LogP contribution in [0.5, 0.6) is 0 Å². The quantitative estimate of drug-likeness (QED) is 0.304. The molecule has 0 spiro atoms. The van der Waals surface area contributed by atoms with E-state index in [2.05, 4.69) is 25.2 Å². The summed E-state index contributed by atoms with van der Waals surface area (Å²) in [5.74, 6) is 2.30. The van der Waals surface area contributed by atoms with Crippen LogP contribution in [0.3, 0.4) is 0 Å². The smallest absolute Gasteiger partial charge is 0.194 e. The number of nitrogens with one attached hydrogen (secondary N) is 1. The van der Waals surface area contributed by atoms with Crippen LogP contribution in [-0.2, 0) is 11.3 Å². The van der Waals surface area contributed by atoms with Gasteiger partial charge in [-0.25, -0.2) is 14.4 Å². The van der Waals surface area contributed by atoms with Crippen LogP contribution in [0.4, 0.5) is 4.39 Å². The van der Waals surface area contributed by atoms with Crippen molar-refractivity contribution in [2.75, 3.05) is 20.1 Å². The largest absolute Gasteiger partial charge is 0.367 e. The Bertz CT molecular complexity index is 1040. The summed E-state index contributed by atoms with van der Waals surface area (Å²) in [7, 11) is 1.78. The molecular formula is C23H28FIN6O. The van der Waals surface area contributed by atoms with Crippen molar-refractivity contribution in [2.24, 2.45) is 4.99 Å². The predicted octanol–water partition coefficient (Wildman–Crippen LogP) is 3.87. The first kappa shape index (κ1) is 24.1. The molecular weight excluding hydrogens is 522 g/mol. The molecule has 1 aromatic carbocycles. The fraction of sp³-hybridized carbons (Fsp3) is 0.348. The van der Waals surface area contributed by atoms with Crippen molar-refractivity contribution in [2.45, 2.75) is 32.6 Å². The average Bonchev–Trinajstić information content (AvgIpc) is 3.20. The number of aromatic nitrogens is 3. The molecule has 1 fully saturated rings. The van der Waals surface area contributed by atoms with Gasteiger partial charge in [0.2, 0.25) is 0 Å². The second-order valence-electron chi connectivity index (χ2n) is 7.66. The van der Waals surface area contributed by atoms with Crippen molar-refractivity contribution in [1.82, 2.24) is 24.8 Å². The summed E-state index contributed by atoms with van der Waals surface area (Å²) in [5, 5.41) is 3.42. The minimum Gasteiger partial charge on any atom is -0.367 e. The summed E-state index contributed by atoms with van der Waals surface area (Å²) in [6.45, 7) is 5.97. The van der Waals surface area contributed by atoms with Crippen molar-refractivity contribution in [1.29, 1.82) is 0 Å². The lowest BCUT2D eigenvalue weighted by Gasteiger charge is -2.38. The van der Waals surface area contributed by atoms with E-state index in [0.29, 0.717) is 13.1 Å². The zero-order valence-electron chi connectivity index (χ0n) is 18.4. The molecule has 0 radical (unpaired) electrons. The van der Waals surface area contributed by atoms with Gasteiger partial charge in [-0.05, 0) is 43.2 Å². The van der Waals surface area contributed by atoms with Gasteiger partial charge in [0.05, 0.1) is 12.6 Å². The Morgan fingerprint density at radius 1 is 1.19 bits per heavy atom. The number of ether oxygens (including phenoxy) is 1. The summed E-state index contributed by atoms with van der Waals surface area (Å²) < 4.78 is 21.3. The van der Waals surface area contributed by atoms with E-state index in [1.54, 1.807) is 25.4 Å². The maximum Gasteiger partial charge on any atom is 0.194 e. The van der Waals surface area contributed by atoms with Gasteiger partial charge in [-0.1, -0.05) is 18.2 Å². The minimum absolute atomic E-state index is 0. The third-order valence-corrected chi connectivity index (χ3v) is 5.35. The van der Waals surface area contributed by atoms with Gasteiger partial charge in [-0.15, -0.1) is 24.0 Å². The number of rotatable bonds is 4. The fourth-order valence-corrected chi connectivity index (χ4v) is 3.78. The number of halogens is 2. The number of aryl methyl sites for hydroxylation is 1. The van der Waals surface area contributed by atoms with Crippen LogP contribution in [-0.4, -0.2) is 51.6 Å². The first-order valence-electron chi connectivity index (χ1n) is 10.3. The molecule has 170 valence electrons. The maximum absolute atomic E-state index is 13.3. The number of nitrogens with zero attached hydrogens (tertiary/aromatic N) is 5. The number of morpholine rings is 1. The Kier molecular flexibility index (Phi) is 8.19. The molecule has 7 nitrogen and oxygen atoms in total. The summed E-state index contributed by atoms with van der Waals surface area (Å²) in [5.41, 5.74) is 2.02. The third-order valence-electron chi connectivity index (χ3n) is 5.35. The van der Waals surface area contributed by atoms with Crippen molar-refractivity contribution < 1.29 is 9.13 Å². The van der Waals surface area contributed by atoms with Crippen LogP contribution in [0.25, 0.3) is 5.82 Å². The Morgan fingerprint density at radius 3 is 2.59 bits per heavy atom. The van der Waals surface area contributed by atoms with Gasteiger partial charge in [0.1, 0.15) is 23.6 Å². The van der Waals surface area contributed by atoms with Crippen molar-refractivity contribution in [3.8, 4) is 5.82 Å². The van der Waals surface area contributed by atoms with Crippen molar-refractivity contribution in [3.05, 3.63) is 77.8 Å². The summed E-state index contributed by atoms with van der Waals surface area (Å²) in [6.07, 6.45) is 5.41. The number of imidazole rings is 1. The summed E-state index contributed by atoms with van der Waals surface area (Å²) >= 11 is 0. The summed E-state index contributed by atoms with van der Waals surface area (Å²) in [6, 6.07) is 10.5. The second-order valence-corrected chi connectivity index (χ2v) is 7.66. The van der Waals surface area contributed by atoms with E-state index in [-0.39, 0.29) is 42.0 Å². The fourth-order valence-electron chi connectivity index (χ4n) is 3.78. The Labute approximate surface area is 204 Å². The molecule has 0 bridgehead atoms. The SMILES string of the molecule is CN=C(NCc1ccc(-n2ccnc2C)nc1)N1CC(C)OC(c2ccc(F)cc2)C1.I. The zero-order chi connectivity index (χ0) is 21.8. The molecule has 2 unspecified atom stereocenters. The highest BCUT2D eigenvalue weighted by atomic mass is 127. The molecule has 9 heteroatoms. The number of aliphatic imine (C=N–C) groups is 1. The first-order chi connectivity index (χ1) is 15.0. The molecule has 0 saturated carbocycles. The van der Waals surface area contributed by atoms with Gasteiger partial charge in [0, 0.05) is 38.7 Å². The third kappa shape index (κ3) is 5.63. The Hall–Kier alpha value is -2.53. The van der Waals surface area contributed by atoms with Crippen molar-refractivity contribution >= 4 is 29.9 Å². The molecule has 3 aromatic rings. The molecule has 1 saturated heterocycles. The highest BCUT2D eigenvalue weighted by Crippen LogP contribution is 2.25. The average molecular weight is 550 g/mol. The van der Waals surface area contributed by atoms with Gasteiger partial charge in [0.25, 0.3) is 0 Å². The van der Waals surface area contributed by atoms with Crippen LogP contribution in [0, 0.1) is 12.7 Å². The monoisotopic (exact) mass is 550 g/mol. The van der Waals surface area contributed by atoms with E-state index in [1.165, 1.54) is 12.1 Å². The lowest BCUT2D eigenvalue weighted by molar-refractivity contribution is -0.0605. The normalized spacial score (nSPS) is 18.9. The first-order valence-corrected chi connectivity index (χ1v) is 10.3. The van der Waals surface area contributed by atoms with E-state index in [4.69, 9.17) is 4.74 Å². The zero-order valence-corrected chi connectivity index (χ0v) is 20.7. The molecule has 0 aliphatic carbocycles. The molecule has 3 heterocycles. The highest BCUT2D eigenvalue weighted by molar-refractivity contribution is 14.0. The lowest BCUT2D eigenvalue weighted by Crippen LogP contribution is -2.50. The van der Waals surface area contributed by atoms with E-state index in [0.717, 1.165) is 35.3 Å². The number of hydrogen-bond acceptors (Lipinski definition) is 4. The van der Waals surface area contributed by atoms with Gasteiger partial charge >= 0.3 is 0 Å². The lowest BCUT2D eigenvalue weighted by atomic mass is 10.1. The molecule has 1 N–H and O–H groups in total. The van der Waals surface area contributed by atoms with Crippen LogP contribution < -0.4 is 5.32 Å². The van der Waals surface area contributed by atoms with E-state index in [9.17, 15) is 4.39 Å². The molecule has 2 atom stereocenters. The maximum atomic E-state index is 13.3. The molecule has 1 aliphatic heterocycles. The van der Waals surface area contributed by atoms with Crippen LogP contribution in [0.15, 0.2) is 60.0 Å². The van der Waals surface area contributed by atoms with E-state index < -0.39 is 0 Å². The van der Waals surface area contributed by atoms with E-state index in [1.807, 2.05) is 42.9 Å². The van der Waals surface area contributed by atoms with E-state index >= 15 is 0 Å². The number of guanidine groups is 1. The molecule has 1 aliphatic rings. The summed E-state index contributed by atoms with van der Waals surface area (Å²) in [4.78, 5) is 15.4. The van der Waals surface area contributed by atoms with Gasteiger partial charge in [-0.3, -0.25) is 9.56 Å².